The summed E-state index contributed by atoms with van der Waals surface area (Å²) in [6.07, 6.45) is 10.8. The molecule has 0 radical (unpaired) electrons. The lowest BCUT2D eigenvalue weighted by Crippen LogP contribution is -2.31. The van der Waals surface area contributed by atoms with Crippen molar-refractivity contribution in [3.8, 4) is 0 Å². The highest BCUT2D eigenvalue weighted by atomic mass is 15.1. The summed E-state index contributed by atoms with van der Waals surface area (Å²) in [5, 5.41) is 3.77. The lowest BCUT2D eigenvalue weighted by molar-refractivity contribution is 0.320. The van der Waals surface area contributed by atoms with Crippen LogP contribution in [0.15, 0.2) is 12.4 Å². The second-order valence-corrected chi connectivity index (χ2v) is 6.40. The number of nitrogens with zero attached hydrogens (tertiary/aromatic N) is 2. The summed E-state index contributed by atoms with van der Waals surface area (Å²) in [5.41, 5.74) is 0. The molecule has 2 fully saturated rings. The van der Waals surface area contributed by atoms with Gasteiger partial charge in [0.05, 0.1) is 6.04 Å². The molecule has 3 heteroatoms. The van der Waals surface area contributed by atoms with E-state index in [0.29, 0.717) is 6.04 Å². The largest absolute Gasteiger partial charge is 0.334 e. The van der Waals surface area contributed by atoms with E-state index in [1.165, 1.54) is 37.9 Å². The molecule has 0 spiro atoms. The molecule has 1 aromatic heterocycles. The van der Waals surface area contributed by atoms with E-state index >= 15 is 0 Å². The molecule has 2 saturated carbocycles. The molecule has 0 bridgehead atoms. The molecule has 106 valence electrons. The van der Waals surface area contributed by atoms with Crippen LogP contribution < -0.4 is 5.32 Å². The maximum absolute atomic E-state index is 4.67. The molecule has 3 rings (SSSR count). The lowest BCUT2D eigenvalue weighted by Gasteiger charge is -2.26. The highest BCUT2D eigenvalue weighted by molar-refractivity contribution is 5.07. The van der Waals surface area contributed by atoms with Gasteiger partial charge >= 0.3 is 0 Å². The molecule has 1 aromatic rings. The van der Waals surface area contributed by atoms with E-state index in [0.717, 1.165) is 30.8 Å². The van der Waals surface area contributed by atoms with Gasteiger partial charge in [0.1, 0.15) is 5.82 Å². The second kappa shape index (κ2) is 5.66. The number of hydrogen-bond donors (Lipinski definition) is 1. The monoisotopic (exact) mass is 261 g/mol. The molecule has 19 heavy (non-hydrogen) atoms. The maximum Gasteiger partial charge on any atom is 0.126 e. The maximum atomic E-state index is 4.67. The van der Waals surface area contributed by atoms with Crippen LogP contribution in [0.4, 0.5) is 0 Å². The number of nitrogens with one attached hydrogen (secondary N) is 1. The van der Waals surface area contributed by atoms with Gasteiger partial charge in [0.2, 0.25) is 0 Å². The van der Waals surface area contributed by atoms with Crippen LogP contribution in [0.25, 0.3) is 0 Å². The molecule has 0 aliphatic heterocycles. The highest BCUT2D eigenvalue weighted by Crippen LogP contribution is 2.57. The Kier molecular flexibility index (Phi) is 3.92. The van der Waals surface area contributed by atoms with E-state index in [1.54, 1.807) is 0 Å². The van der Waals surface area contributed by atoms with Gasteiger partial charge in [0.25, 0.3) is 0 Å². The van der Waals surface area contributed by atoms with Gasteiger partial charge in [-0.3, -0.25) is 0 Å². The van der Waals surface area contributed by atoms with Gasteiger partial charge in [-0.2, -0.15) is 0 Å². The van der Waals surface area contributed by atoms with E-state index in [2.05, 4.69) is 34.9 Å². The van der Waals surface area contributed by atoms with E-state index in [9.17, 15) is 0 Å². The molecule has 3 unspecified atom stereocenters. The summed E-state index contributed by atoms with van der Waals surface area (Å²) in [7, 11) is 0. The molecule has 2 aliphatic rings. The first-order valence-electron chi connectivity index (χ1n) is 8.07. The van der Waals surface area contributed by atoms with Crippen LogP contribution in [-0.4, -0.2) is 16.1 Å². The van der Waals surface area contributed by atoms with Crippen LogP contribution in [0.5, 0.6) is 0 Å². The SMILES string of the molecule is CCCNC(c1nccn1CCC)C1CC2CC2C1. The van der Waals surface area contributed by atoms with Crippen LogP contribution in [-0.2, 0) is 6.54 Å². The summed E-state index contributed by atoms with van der Waals surface area (Å²) in [4.78, 5) is 4.67. The molecule has 3 nitrogen and oxygen atoms in total. The smallest absolute Gasteiger partial charge is 0.126 e. The van der Waals surface area contributed by atoms with Gasteiger partial charge in [0, 0.05) is 18.9 Å². The molecular formula is C16H27N3. The van der Waals surface area contributed by atoms with Gasteiger partial charge in [-0.05, 0) is 56.4 Å². The number of aromatic nitrogens is 2. The van der Waals surface area contributed by atoms with Crippen molar-refractivity contribution < 1.29 is 0 Å². The van der Waals surface area contributed by atoms with E-state index < -0.39 is 0 Å². The first-order valence-corrected chi connectivity index (χ1v) is 8.07. The van der Waals surface area contributed by atoms with Gasteiger partial charge in [-0.15, -0.1) is 0 Å². The summed E-state index contributed by atoms with van der Waals surface area (Å²) < 4.78 is 2.36. The van der Waals surface area contributed by atoms with Crippen molar-refractivity contribution in [3.05, 3.63) is 18.2 Å². The fourth-order valence-electron chi connectivity index (χ4n) is 3.83. The molecular weight excluding hydrogens is 234 g/mol. The molecule has 3 atom stereocenters. The fourth-order valence-corrected chi connectivity index (χ4v) is 3.83. The van der Waals surface area contributed by atoms with Crippen LogP contribution in [0, 0.1) is 17.8 Å². The lowest BCUT2D eigenvalue weighted by atomic mass is 9.93. The summed E-state index contributed by atoms with van der Waals surface area (Å²) in [5.74, 6) is 4.19. The quantitative estimate of drug-likeness (QED) is 0.815. The highest BCUT2D eigenvalue weighted by Gasteiger charge is 2.48. The third-order valence-corrected chi connectivity index (χ3v) is 4.86. The zero-order chi connectivity index (χ0) is 13.2. The molecule has 1 N–H and O–H groups in total. The number of fused-ring (bicyclic) bond motifs is 1. The number of rotatable bonds is 7. The second-order valence-electron chi connectivity index (χ2n) is 6.40. The Morgan fingerprint density at radius 2 is 2.05 bits per heavy atom. The zero-order valence-corrected chi connectivity index (χ0v) is 12.3. The molecule has 1 heterocycles. The minimum Gasteiger partial charge on any atom is -0.334 e. The normalized spacial score (nSPS) is 30.3. The Balaban J connectivity index is 1.75. The van der Waals surface area contributed by atoms with E-state index in [4.69, 9.17) is 0 Å². The average Bonchev–Trinajstić information content (AvgIpc) is 2.84. The van der Waals surface area contributed by atoms with E-state index in [-0.39, 0.29) is 0 Å². The van der Waals surface area contributed by atoms with Crippen LogP contribution in [0.3, 0.4) is 0 Å². The molecule has 0 amide bonds. The third kappa shape index (κ3) is 2.71. The van der Waals surface area contributed by atoms with Gasteiger partial charge in [-0.25, -0.2) is 4.98 Å². The Bertz CT molecular complexity index is 402. The first kappa shape index (κ1) is 13.2. The van der Waals surface area contributed by atoms with Crippen molar-refractivity contribution in [3.63, 3.8) is 0 Å². The molecule has 0 aromatic carbocycles. The van der Waals surface area contributed by atoms with Crippen LogP contribution >= 0.6 is 0 Å². The first-order chi connectivity index (χ1) is 9.33. The Morgan fingerprint density at radius 3 is 2.74 bits per heavy atom. The predicted octanol–water partition coefficient (Wildman–Crippen LogP) is 3.38. The van der Waals surface area contributed by atoms with Gasteiger partial charge in [-0.1, -0.05) is 13.8 Å². The van der Waals surface area contributed by atoms with Crippen molar-refractivity contribution in [2.75, 3.05) is 6.54 Å². The number of hydrogen-bond acceptors (Lipinski definition) is 2. The van der Waals surface area contributed by atoms with Gasteiger partial charge in [0.15, 0.2) is 0 Å². The standard InChI is InChI=1S/C16H27N3/c1-3-5-17-15(14-10-12-9-13(12)11-14)16-18-6-8-19(16)7-4-2/h6,8,12-15,17H,3-5,7,9-11H2,1-2H3. The van der Waals surface area contributed by atoms with Crippen molar-refractivity contribution in [2.24, 2.45) is 17.8 Å². The van der Waals surface area contributed by atoms with Crippen LogP contribution in [0.1, 0.15) is 57.8 Å². The van der Waals surface area contributed by atoms with E-state index in [1.807, 2.05) is 6.20 Å². The van der Waals surface area contributed by atoms with Crippen LogP contribution in [0.2, 0.25) is 0 Å². The summed E-state index contributed by atoms with van der Waals surface area (Å²) in [6.45, 7) is 6.69. The van der Waals surface area contributed by atoms with Crippen molar-refractivity contribution in [1.29, 1.82) is 0 Å². The topological polar surface area (TPSA) is 29.9 Å². The molecule has 2 aliphatic carbocycles. The van der Waals surface area contributed by atoms with Crippen molar-refractivity contribution in [2.45, 2.75) is 58.5 Å². The van der Waals surface area contributed by atoms with Gasteiger partial charge < -0.3 is 9.88 Å². The van der Waals surface area contributed by atoms with Crippen molar-refractivity contribution >= 4 is 0 Å². The Labute approximate surface area is 116 Å². The minimum atomic E-state index is 0.481. The zero-order valence-electron chi connectivity index (χ0n) is 12.3. The third-order valence-electron chi connectivity index (χ3n) is 4.86. The average molecular weight is 261 g/mol. The summed E-state index contributed by atoms with van der Waals surface area (Å²) >= 11 is 0. The summed E-state index contributed by atoms with van der Waals surface area (Å²) in [6, 6.07) is 0.481. The Morgan fingerprint density at radius 1 is 1.26 bits per heavy atom. The Hall–Kier alpha value is -0.830. The van der Waals surface area contributed by atoms with Crippen molar-refractivity contribution in [1.82, 2.24) is 14.9 Å². The minimum absolute atomic E-state index is 0.481. The number of aryl methyl sites for hydroxylation is 1. The fraction of sp³-hybridized carbons (Fsp3) is 0.812. The predicted molar refractivity (Wildman–Crippen MR) is 77.9 cm³/mol. The number of imidazole rings is 1. The molecule has 0 saturated heterocycles.